The minimum atomic E-state index is -3.83. The van der Waals surface area contributed by atoms with Crippen molar-refractivity contribution < 1.29 is 8.42 Å². The molecule has 0 fully saturated rings. The van der Waals surface area contributed by atoms with Crippen molar-refractivity contribution in [2.45, 2.75) is 18.7 Å². The number of nitrogens with two attached hydrogens (primary N) is 1. The van der Waals surface area contributed by atoms with E-state index in [4.69, 9.17) is 17.3 Å². The van der Waals surface area contributed by atoms with E-state index < -0.39 is 10.0 Å². The van der Waals surface area contributed by atoms with Gasteiger partial charge in [0.15, 0.2) is 0 Å². The summed E-state index contributed by atoms with van der Waals surface area (Å²) < 4.78 is 27.6. The lowest BCUT2D eigenvalue weighted by Crippen LogP contribution is -2.15. The molecule has 0 saturated heterocycles. The summed E-state index contributed by atoms with van der Waals surface area (Å²) in [7, 11) is -3.83. The molecule has 1 heterocycles. The zero-order valence-corrected chi connectivity index (χ0v) is 13.8. The van der Waals surface area contributed by atoms with Crippen LogP contribution in [0, 0.1) is 13.8 Å². The molecule has 0 aliphatic carbocycles. The summed E-state index contributed by atoms with van der Waals surface area (Å²) in [5.74, 6) is 0. The zero-order chi connectivity index (χ0) is 15.1. The number of halogens is 2. The van der Waals surface area contributed by atoms with E-state index in [1.54, 1.807) is 13.8 Å². The highest BCUT2D eigenvalue weighted by Crippen LogP contribution is 2.33. The molecule has 1 aromatic heterocycles. The minimum Gasteiger partial charge on any atom is -0.398 e. The molecule has 9 heteroatoms. The number of aryl methyl sites for hydroxylation is 2. The van der Waals surface area contributed by atoms with Gasteiger partial charge in [0.25, 0.3) is 10.0 Å². The quantitative estimate of drug-likeness (QED) is 0.714. The highest BCUT2D eigenvalue weighted by molar-refractivity contribution is 9.10. The predicted molar refractivity (Wildman–Crippen MR) is 82.4 cm³/mol. The average Bonchev–Trinajstić information content (AvgIpc) is 2.65. The van der Waals surface area contributed by atoms with Crippen LogP contribution in [-0.4, -0.2) is 18.6 Å². The van der Waals surface area contributed by atoms with Crippen LogP contribution < -0.4 is 10.5 Å². The monoisotopic (exact) mass is 378 g/mol. The fourth-order valence-corrected chi connectivity index (χ4v) is 4.15. The van der Waals surface area contributed by atoms with Gasteiger partial charge in [0.2, 0.25) is 0 Å². The molecule has 0 amide bonds. The Morgan fingerprint density at radius 2 is 2.05 bits per heavy atom. The Morgan fingerprint density at radius 1 is 1.40 bits per heavy atom. The number of rotatable bonds is 3. The molecule has 0 unspecified atom stereocenters. The molecule has 2 aromatic rings. The van der Waals surface area contributed by atoms with Crippen LogP contribution in [0.4, 0.5) is 11.4 Å². The van der Waals surface area contributed by atoms with E-state index in [-0.39, 0.29) is 20.1 Å². The van der Waals surface area contributed by atoms with Gasteiger partial charge in [-0.05, 0) is 41.9 Å². The second-order valence-electron chi connectivity index (χ2n) is 4.22. The molecule has 0 spiro atoms. The molecule has 6 nitrogen and oxygen atoms in total. The predicted octanol–water partition coefficient (Wildman–Crippen LogP) is 2.83. The van der Waals surface area contributed by atoms with Gasteiger partial charge in [-0.1, -0.05) is 11.6 Å². The highest BCUT2D eigenvalue weighted by atomic mass is 79.9. The minimum absolute atomic E-state index is 0.0255. The van der Waals surface area contributed by atoms with Crippen LogP contribution >= 0.6 is 27.5 Å². The van der Waals surface area contributed by atoms with Crippen LogP contribution in [0.15, 0.2) is 21.5 Å². The summed E-state index contributed by atoms with van der Waals surface area (Å²) in [6.45, 7) is 3.42. The van der Waals surface area contributed by atoms with E-state index in [1.807, 2.05) is 0 Å². The molecule has 4 N–H and O–H groups in total. The number of benzene rings is 1. The van der Waals surface area contributed by atoms with E-state index in [0.29, 0.717) is 17.1 Å². The third-order valence-corrected chi connectivity index (χ3v) is 5.43. The van der Waals surface area contributed by atoms with E-state index in [1.165, 1.54) is 12.1 Å². The molecule has 2 rings (SSSR count). The van der Waals surface area contributed by atoms with Gasteiger partial charge in [-0.3, -0.25) is 9.82 Å². The standard InChI is InChI=1S/C11H12BrClN4O2S/c1-5-11(6(2)16-15-5)17-20(18,19)9-4-7(13)3-8(14)10(9)12/h3-4,17H,14H2,1-2H3,(H,15,16). The second kappa shape index (κ2) is 5.27. The van der Waals surface area contributed by atoms with Crippen molar-refractivity contribution in [1.82, 2.24) is 10.2 Å². The zero-order valence-electron chi connectivity index (χ0n) is 10.7. The number of anilines is 2. The summed E-state index contributed by atoms with van der Waals surface area (Å²) in [4.78, 5) is -0.0255. The molecular formula is C11H12BrClN4O2S. The van der Waals surface area contributed by atoms with Crippen molar-refractivity contribution >= 4 is 48.9 Å². The Kier molecular flexibility index (Phi) is 3.99. The van der Waals surface area contributed by atoms with E-state index in [2.05, 4.69) is 30.8 Å². The van der Waals surface area contributed by atoms with Gasteiger partial charge in [0.05, 0.1) is 21.5 Å². The third kappa shape index (κ3) is 2.77. The fourth-order valence-electron chi connectivity index (χ4n) is 1.67. The van der Waals surface area contributed by atoms with Gasteiger partial charge >= 0.3 is 0 Å². The van der Waals surface area contributed by atoms with Gasteiger partial charge in [-0.25, -0.2) is 8.42 Å². The van der Waals surface area contributed by atoms with E-state index >= 15 is 0 Å². The van der Waals surface area contributed by atoms with Gasteiger partial charge in [-0.15, -0.1) is 0 Å². The smallest absolute Gasteiger partial charge is 0.263 e. The normalized spacial score (nSPS) is 11.6. The number of nitrogens with one attached hydrogen (secondary N) is 2. The number of sulfonamides is 1. The molecule has 1 aromatic carbocycles. The first-order valence-electron chi connectivity index (χ1n) is 5.51. The maximum absolute atomic E-state index is 12.4. The molecule has 0 aliphatic rings. The maximum Gasteiger partial charge on any atom is 0.263 e. The lowest BCUT2D eigenvalue weighted by molar-refractivity contribution is 0.600. The van der Waals surface area contributed by atoms with Crippen LogP contribution in [-0.2, 0) is 10.0 Å². The van der Waals surface area contributed by atoms with Crippen molar-refractivity contribution in [3.05, 3.63) is 33.0 Å². The fraction of sp³-hybridized carbons (Fsp3) is 0.182. The topological polar surface area (TPSA) is 101 Å². The molecule has 0 atom stereocenters. The van der Waals surface area contributed by atoms with E-state index in [9.17, 15) is 8.42 Å². The van der Waals surface area contributed by atoms with Gasteiger partial charge < -0.3 is 5.73 Å². The second-order valence-corrected chi connectivity index (χ2v) is 7.10. The summed E-state index contributed by atoms with van der Waals surface area (Å²) in [5, 5.41) is 6.89. The highest BCUT2D eigenvalue weighted by Gasteiger charge is 2.22. The molecule has 0 bridgehead atoms. The first-order valence-corrected chi connectivity index (χ1v) is 8.16. The Bertz CT molecular complexity index is 753. The van der Waals surface area contributed by atoms with Gasteiger partial charge in [-0.2, -0.15) is 5.10 Å². The average molecular weight is 380 g/mol. The molecule has 108 valence electrons. The van der Waals surface area contributed by atoms with Crippen molar-refractivity contribution in [3.63, 3.8) is 0 Å². The lowest BCUT2D eigenvalue weighted by Gasteiger charge is -2.11. The molecule has 0 aliphatic heterocycles. The van der Waals surface area contributed by atoms with Crippen molar-refractivity contribution in [2.75, 3.05) is 10.5 Å². The van der Waals surface area contributed by atoms with Crippen molar-refractivity contribution in [1.29, 1.82) is 0 Å². The first-order chi connectivity index (χ1) is 9.22. The van der Waals surface area contributed by atoms with E-state index in [0.717, 1.165) is 0 Å². The SMILES string of the molecule is Cc1n[nH]c(C)c1NS(=O)(=O)c1cc(Cl)cc(N)c1Br. The number of hydrogen-bond acceptors (Lipinski definition) is 4. The molecule has 0 radical (unpaired) electrons. The van der Waals surface area contributed by atoms with Gasteiger partial charge in [0, 0.05) is 10.7 Å². The van der Waals surface area contributed by atoms with Crippen molar-refractivity contribution in [2.24, 2.45) is 0 Å². The van der Waals surface area contributed by atoms with Crippen LogP contribution in [0.2, 0.25) is 5.02 Å². The summed E-state index contributed by atoms with van der Waals surface area (Å²) in [6, 6.07) is 2.80. The van der Waals surface area contributed by atoms with Crippen molar-refractivity contribution in [3.8, 4) is 0 Å². The Balaban J connectivity index is 2.52. The summed E-state index contributed by atoms with van der Waals surface area (Å²) >= 11 is 9.03. The molecular weight excluding hydrogens is 368 g/mol. The van der Waals surface area contributed by atoms with Crippen LogP contribution in [0.3, 0.4) is 0 Å². The van der Waals surface area contributed by atoms with Crippen LogP contribution in [0.25, 0.3) is 0 Å². The number of nitrogens with zero attached hydrogens (tertiary/aromatic N) is 1. The Labute approximate surface area is 129 Å². The number of aromatic nitrogens is 2. The Morgan fingerprint density at radius 3 is 2.60 bits per heavy atom. The number of hydrogen-bond donors (Lipinski definition) is 3. The number of aromatic amines is 1. The largest absolute Gasteiger partial charge is 0.398 e. The van der Waals surface area contributed by atoms with Crippen LogP contribution in [0.1, 0.15) is 11.4 Å². The lowest BCUT2D eigenvalue weighted by atomic mass is 10.3. The summed E-state index contributed by atoms with van der Waals surface area (Å²) in [5.41, 5.74) is 7.55. The molecule has 0 saturated carbocycles. The number of H-pyrrole nitrogens is 1. The Hall–Kier alpha value is -1.25. The van der Waals surface area contributed by atoms with Crippen LogP contribution in [0.5, 0.6) is 0 Å². The third-order valence-electron chi connectivity index (χ3n) is 2.69. The van der Waals surface area contributed by atoms with Gasteiger partial charge in [0.1, 0.15) is 4.90 Å². The first kappa shape index (κ1) is 15.1. The summed E-state index contributed by atoms with van der Waals surface area (Å²) in [6.07, 6.45) is 0. The number of nitrogen functional groups attached to an aromatic ring is 1. The maximum atomic E-state index is 12.4. The molecule has 20 heavy (non-hydrogen) atoms.